The highest BCUT2D eigenvalue weighted by Gasteiger charge is 2.61. The minimum Gasteiger partial charge on any atom is -0.379 e. The van der Waals surface area contributed by atoms with E-state index in [0.29, 0.717) is 19.4 Å². The van der Waals surface area contributed by atoms with Crippen molar-refractivity contribution in [2.45, 2.75) is 128 Å². The van der Waals surface area contributed by atoms with Crippen LogP contribution in [0.5, 0.6) is 0 Å². The number of amides is 5. The highest BCUT2D eigenvalue weighted by Crippen LogP contribution is 2.51. The third-order valence-corrected chi connectivity index (χ3v) is 11.7. The van der Waals surface area contributed by atoms with E-state index in [2.05, 4.69) is 16.0 Å². The van der Waals surface area contributed by atoms with Gasteiger partial charge in [0.2, 0.25) is 29.5 Å². The Kier molecular flexibility index (Phi) is 15.9. The summed E-state index contributed by atoms with van der Waals surface area (Å²) in [6.45, 7) is 14.0. The molecule has 298 valence electrons. The number of primary amides is 1. The van der Waals surface area contributed by atoms with Crippen molar-refractivity contribution in [1.82, 2.24) is 25.8 Å². The summed E-state index contributed by atoms with van der Waals surface area (Å²) in [6, 6.07) is 7.45. The van der Waals surface area contributed by atoms with Crippen LogP contribution in [0.15, 0.2) is 30.3 Å². The number of ether oxygens (including phenoxy) is 2. The van der Waals surface area contributed by atoms with E-state index in [9.17, 15) is 24.0 Å². The molecule has 1 aromatic rings. The first-order valence-electron chi connectivity index (χ1n) is 19.3. The number of rotatable bonds is 20. The van der Waals surface area contributed by atoms with Gasteiger partial charge in [0.05, 0.1) is 42.7 Å². The Hall–Kier alpha value is -3.55. The number of nitrogens with zero attached hydrogens (tertiary/aromatic N) is 2. The molecule has 2 fully saturated rings. The molecule has 5 amide bonds. The second-order valence-electron chi connectivity index (χ2n) is 15.8. The highest BCUT2D eigenvalue weighted by atomic mass is 16.5. The third kappa shape index (κ3) is 9.96. The number of likely N-dealkylation sites (tertiary alicyclic amines) is 1. The van der Waals surface area contributed by atoms with E-state index in [1.54, 1.807) is 37.9 Å². The van der Waals surface area contributed by atoms with Crippen molar-refractivity contribution >= 4 is 29.5 Å². The molecule has 1 aliphatic heterocycles. The van der Waals surface area contributed by atoms with Crippen LogP contribution in [0, 0.1) is 23.7 Å². The number of nitrogens with one attached hydrogen (secondary N) is 3. The first-order chi connectivity index (χ1) is 25.0. The summed E-state index contributed by atoms with van der Waals surface area (Å²) in [4.78, 5) is 71.4. The summed E-state index contributed by atoms with van der Waals surface area (Å²) < 4.78 is 11.9. The molecule has 13 heteroatoms. The summed E-state index contributed by atoms with van der Waals surface area (Å²) >= 11 is 0. The van der Waals surface area contributed by atoms with Crippen LogP contribution in [0.3, 0.4) is 0 Å². The second kappa shape index (κ2) is 19.2. The molecular weight excluding hydrogens is 676 g/mol. The van der Waals surface area contributed by atoms with Crippen LogP contribution in [0.25, 0.3) is 0 Å². The van der Waals surface area contributed by atoms with Crippen molar-refractivity contribution in [2.75, 3.05) is 34.9 Å². The van der Waals surface area contributed by atoms with Gasteiger partial charge in [-0.2, -0.15) is 0 Å². The lowest BCUT2D eigenvalue weighted by Gasteiger charge is -2.41. The normalized spacial score (nSPS) is 23.8. The van der Waals surface area contributed by atoms with Crippen molar-refractivity contribution in [3.63, 3.8) is 0 Å². The van der Waals surface area contributed by atoms with Gasteiger partial charge in [0, 0.05) is 33.7 Å². The third-order valence-electron chi connectivity index (χ3n) is 11.7. The van der Waals surface area contributed by atoms with Crippen molar-refractivity contribution in [3.05, 3.63) is 35.9 Å². The molecule has 13 nitrogen and oxygen atoms in total. The zero-order valence-electron chi connectivity index (χ0n) is 33.8. The molecule has 5 N–H and O–H groups in total. The maximum atomic E-state index is 14.2. The van der Waals surface area contributed by atoms with Crippen molar-refractivity contribution in [2.24, 2.45) is 29.4 Å². The molecule has 0 bridgehead atoms. The molecule has 1 heterocycles. The number of carbonyl (C=O) groups excluding carboxylic acids is 5. The Labute approximate surface area is 316 Å². The maximum absolute atomic E-state index is 14.2. The zero-order valence-corrected chi connectivity index (χ0v) is 33.8. The minimum atomic E-state index is -1.17. The first kappa shape index (κ1) is 43.9. The molecule has 10 atom stereocenters. The molecule has 0 aromatic heterocycles. The summed E-state index contributed by atoms with van der Waals surface area (Å²) in [5, 5.41) is 8.98. The van der Waals surface area contributed by atoms with E-state index >= 15 is 0 Å². The Morgan fingerprint density at radius 1 is 0.962 bits per heavy atom. The Balaban J connectivity index is 1.78. The molecular formula is C40H66N6O7. The number of likely N-dealkylation sites (N-methyl/N-ethyl adjacent to an activating group) is 2. The molecule has 1 aliphatic carbocycles. The molecule has 53 heavy (non-hydrogen) atoms. The average Bonchev–Trinajstić information content (AvgIpc) is 3.66. The largest absolute Gasteiger partial charge is 0.379 e. The number of methoxy groups -OCH3 is 2. The number of hydrogen-bond acceptors (Lipinski definition) is 8. The topological polar surface area (TPSA) is 172 Å². The summed E-state index contributed by atoms with van der Waals surface area (Å²) in [5.74, 6) is -2.68. The fraction of sp³-hybridized carbons (Fsp3) is 0.725. The molecule has 0 spiro atoms. The number of benzene rings is 1. The predicted molar refractivity (Wildman–Crippen MR) is 204 cm³/mol. The van der Waals surface area contributed by atoms with Gasteiger partial charge in [0.15, 0.2) is 0 Å². The second-order valence-corrected chi connectivity index (χ2v) is 15.8. The molecule has 2 aliphatic rings. The molecule has 1 saturated carbocycles. The van der Waals surface area contributed by atoms with Gasteiger partial charge in [-0.15, -0.1) is 0 Å². The van der Waals surface area contributed by atoms with Gasteiger partial charge in [-0.3, -0.25) is 24.0 Å². The quantitative estimate of drug-likeness (QED) is 0.158. The standard InChI is InChI=1S/C40H66N6O7/c1-12-25(6)34(45(9)38(50)33(24(4)5)43-37(49)32(42-8)23(2)3)30(52-10)21-31(47)46-20-16-19-29(46)35(53-11)26(7)36(48)44-40(39(41)51)22-28(40)27-17-14-13-15-18-27/h13-15,17-18,23-26,28-30,32-35,42H,12,16,19-22H2,1-11H3,(H2,41,51)(H,43,49)(H,44,48)/t25?,26?,28-,29+,30?,32?,33?,34?,35?,40+/m1/s1. The predicted octanol–water partition coefficient (Wildman–Crippen LogP) is 2.82. The van der Waals surface area contributed by atoms with Crippen LogP contribution in [0.2, 0.25) is 0 Å². The van der Waals surface area contributed by atoms with Gasteiger partial charge in [0.25, 0.3) is 0 Å². The fourth-order valence-corrected chi connectivity index (χ4v) is 8.21. The van der Waals surface area contributed by atoms with E-state index in [4.69, 9.17) is 15.2 Å². The van der Waals surface area contributed by atoms with E-state index in [0.717, 1.165) is 18.4 Å². The lowest BCUT2D eigenvalue weighted by molar-refractivity contribution is -0.148. The van der Waals surface area contributed by atoms with Gasteiger partial charge in [-0.05, 0) is 49.6 Å². The van der Waals surface area contributed by atoms with Gasteiger partial charge < -0.3 is 41.0 Å². The minimum absolute atomic E-state index is 0.00800. The fourth-order valence-electron chi connectivity index (χ4n) is 8.21. The zero-order chi connectivity index (χ0) is 39.8. The van der Waals surface area contributed by atoms with Crippen molar-refractivity contribution in [1.29, 1.82) is 0 Å². The van der Waals surface area contributed by atoms with Crippen LogP contribution in [-0.2, 0) is 33.4 Å². The highest BCUT2D eigenvalue weighted by molar-refractivity contribution is 5.96. The van der Waals surface area contributed by atoms with Crippen LogP contribution in [0.4, 0.5) is 0 Å². The smallest absolute Gasteiger partial charge is 0.245 e. The van der Waals surface area contributed by atoms with E-state index in [1.807, 2.05) is 71.9 Å². The number of nitrogens with two attached hydrogens (primary N) is 1. The lowest BCUT2D eigenvalue weighted by atomic mass is 9.89. The molecule has 7 unspecified atom stereocenters. The Bertz CT molecular complexity index is 1410. The van der Waals surface area contributed by atoms with Gasteiger partial charge in [-0.25, -0.2) is 0 Å². The van der Waals surface area contributed by atoms with Crippen molar-refractivity contribution < 1.29 is 33.4 Å². The number of hydrogen-bond donors (Lipinski definition) is 4. The van der Waals surface area contributed by atoms with E-state index in [1.165, 1.54) is 7.11 Å². The number of carbonyl (C=O) groups is 5. The summed E-state index contributed by atoms with van der Waals surface area (Å²) in [6.07, 6.45) is 1.25. The van der Waals surface area contributed by atoms with Crippen molar-refractivity contribution in [3.8, 4) is 0 Å². The summed E-state index contributed by atoms with van der Waals surface area (Å²) in [7, 11) is 6.53. The summed E-state index contributed by atoms with van der Waals surface area (Å²) in [5.41, 5.74) is 5.61. The van der Waals surface area contributed by atoms with Crippen LogP contribution >= 0.6 is 0 Å². The SMILES string of the molecule is CCC(C)C(C(CC(=O)N1CCC[C@H]1C(OC)C(C)C(=O)N[C@@]1(C(N)=O)C[C@@H]1c1ccccc1)OC)N(C)C(=O)C(NC(=O)C(NC)C(C)C)C(C)C. The van der Waals surface area contributed by atoms with E-state index < -0.39 is 47.7 Å². The van der Waals surface area contributed by atoms with Gasteiger partial charge >= 0.3 is 0 Å². The maximum Gasteiger partial charge on any atom is 0.245 e. The first-order valence-corrected chi connectivity index (χ1v) is 19.3. The Morgan fingerprint density at radius 2 is 1.58 bits per heavy atom. The molecule has 3 rings (SSSR count). The van der Waals surface area contributed by atoms with Gasteiger partial charge in [-0.1, -0.05) is 85.2 Å². The monoisotopic (exact) mass is 742 g/mol. The van der Waals surface area contributed by atoms with Crippen LogP contribution < -0.4 is 21.7 Å². The lowest BCUT2D eigenvalue weighted by Crippen LogP contribution is -2.59. The van der Waals surface area contributed by atoms with Crippen LogP contribution in [-0.4, -0.2) is 116 Å². The molecule has 0 radical (unpaired) electrons. The van der Waals surface area contributed by atoms with E-state index in [-0.39, 0.29) is 59.8 Å². The van der Waals surface area contributed by atoms with Crippen LogP contribution in [0.1, 0.15) is 92.1 Å². The van der Waals surface area contributed by atoms with Gasteiger partial charge in [0.1, 0.15) is 11.6 Å². The molecule has 1 saturated heterocycles. The molecule has 1 aromatic carbocycles. The Morgan fingerprint density at radius 3 is 2.09 bits per heavy atom. The average molecular weight is 743 g/mol.